The van der Waals surface area contributed by atoms with E-state index in [1.54, 1.807) is 26.8 Å². The molecule has 522 valence electrons. The van der Waals surface area contributed by atoms with Gasteiger partial charge in [-0.1, -0.05) is 37.3 Å². The van der Waals surface area contributed by atoms with Crippen LogP contribution >= 0.6 is 0 Å². The first-order valence-electron chi connectivity index (χ1n) is 32.0. The van der Waals surface area contributed by atoms with Gasteiger partial charge in [0.1, 0.15) is 115 Å². The van der Waals surface area contributed by atoms with Gasteiger partial charge in [-0.2, -0.15) is 0 Å². The van der Waals surface area contributed by atoms with Crippen LogP contribution in [-0.4, -0.2) is 296 Å². The van der Waals surface area contributed by atoms with Crippen molar-refractivity contribution in [1.29, 1.82) is 0 Å². The lowest BCUT2D eigenvalue weighted by atomic mass is 9.40. The van der Waals surface area contributed by atoms with Crippen molar-refractivity contribution in [3.63, 3.8) is 0 Å². The Bertz CT molecular complexity index is 2660. The molecule has 9 fully saturated rings. The smallest absolute Gasteiger partial charge is 0.331 e. The zero-order valence-corrected chi connectivity index (χ0v) is 53.0. The number of rotatable bonds is 20. The van der Waals surface area contributed by atoms with E-state index in [4.69, 9.17) is 66.3 Å². The number of carbonyl (C=O) groups is 2. The minimum Gasteiger partial charge on any atom is -0.458 e. The van der Waals surface area contributed by atoms with Crippen molar-refractivity contribution in [2.24, 2.45) is 22.7 Å². The van der Waals surface area contributed by atoms with Gasteiger partial charge in [0, 0.05) is 33.8 Å². The molecular weight excluding hydrogens is 1220 g/mol. The first-order chi connectivity index (χ1) is 43.6. The van der Waals surface area contributed by atoms with Gasteiger partial charge in [-0.05, 0) is 108 Å². The Morgan fingerprint density at radius 2 is 1.13 bits per heavy atom. The number of methoxy groups -OCH3 is 3. The van der Waals surface area contributed by atoms with Gasteiger partial charge in [0.05, 0.1) is 55.3 Å². The molecule has 33 atom stereocenters. The Morgan fingerprint density at radius 3 is 1.75 bits per heavy atom. The third-order valence-electron chi connectivity index (χ3n) is 22.4. The molecule has 0 aromatic heterocycles. The highest BCUT2D eigenvalue weighted by atomic mass is 16.8. The molecule has 5 aliphatic heterocycles. The topological polar surface area (TPSA) is 426 Å². The van der Waals surface area contributed by atoms with Crippen LogP contribution in [0.1, 0.15) is 98.0 Å². The number of esters is 1. The van der Waals surface area contributed by atoms with Crippen molar-refractivity contribution in [2.45, 2.75) is 269 Å². The summed E-state index contributed by atoms with van der Waals surface area (Å²) in [5.74, 6) is -2.10. The summed E-state index contributed by atoms with van der Waals surface area (Å²) in [5, 5.41) is 146. The Labute approximate surface area is 533 Å². The second kappa shape index (κ2) is 28.5. The van der Waals surface area contributed by atoms with Gasteiger partial charge in [-0.25, -0.2) is 4.79 Å². The molecule has 13 N–H and O–H groups in total. The van der Waals surface area contributed by atoms with E-state index in [1.165, 1.54) is 34.3 Å². The second-order valence-corrected chi connectivity index (χ2v) is 27.0. The molecule has 29 nitrogen and oxygen atoms in total. The Balaban J connectivity index is 0.749. The van der Waals surface area contributed by atoms with E-state index in [9.17, 15) is 76.0 Å². The molecule has 92 heavy (non-hydrogen) atoms. The molecule has 1 aromatic carbocycles. The average molecular weight is 1320 g/mol. The molecule has 5 saturated heterocycles. The van der Waals surface area contributed by atoms with Gasteiger partial charge in [-0.3, -0.25) is 4.79 Å². The van der Waals surface area contributed by atoms with Crippen molar-refractivity contribution >= 4 is 17.8 Å². The van der Waals surface area contributed by atoms with Gasteiger partial charge >= 0.3 is 5.97 Å². The van der Waals surface area contributed by atoms with Gasteiger partial charge < -0.3 is 133 Å². The Kier molecular flexibility index (Phi) is 22.2. The van der Waals surface area contributed by atoms with E-state index in [0.717, 1.165) is 5.56 Å². The molecule has 0 radical (unpaired) electrons. The van der Waals surface area contributed by atoms with Crippen molar-refractivity contribution in [1.82, 2.24) is 0 Å². The summed E-state index contributed by atoms with van der Waals surface area (Å²) in [4.78, 5) is 27.1. The minimum absolute atomic E-state index is 0.0118. The monoisotopic (exact) mass is 1320 g/mol. The molecule has 0 amide bonds. The minimum atomic E-state index is -2.11. The molecule has 0 spiro atoms. The first-order valence-corrected chi connectivity index (χ1v) is 32.0. The molecule has 29 heteroatoms. The van der Waals surface area contributed by atoms with E-state index in [0.29, 0.717) is 25.7 Å². The second-order valence-electron chi connectivity index (χ2n) is 27.0. The number of aliphatic hydroxyl groups is 13. The molecule has 1 unspecified atom stereocenters. The summed E-state index contributed by atoms with van der Waals surface area (Å²) in [6.45, 7) is 5.92. The molecule has 5 heterocycles. The van der Waals surface area contributed by atoms with Crippen molar-refractivity contribution in [3.8, 4) is 0 Å². The maximum absolute atomic E-state index is 13.7. The highest BCUT2D eigenvalue weighted by Crippen LogP contribution is 2.72. The fourth-order valence-corrected chi connectivity index (χ4v) is 17.0. The molecule has 1 aromatic rings. The summed E-state index contributed by atoms with van der Waals surface area (Å²) in [7, 11) is 4.10. The number of aliphatic hydroxyl groups excluding tert-OH is 10. The number of Topliss-reactive ketones (excluding diaryl/α,β-unsaturated/α-hetero) is 1. The maximum Gasteiger partial charge on any atom is 0.331 e. The van der Waals surface area contributed by atoms with Crippen LogP contribution in [0, 0.1) is 22.7 Å². The van der Waals surface area contributed by atoms with Gasteiger partial charge in [-0.15, -0.1) is 0 Å². The zero-order chi connectivity index (χ0) is 66.7. The van der Waals surface area contributed by atoms with E-state index in [-0.39, 0.29) is 38.0 Å². The van der Waals surface area contributed by atoms with Crippen molar-refractivity contribution < 1.29 is 142 Å². The SMILES string of the molecule is CO[C@@H]1[C@@H](O)[C@H](O[C@@H]2[C@@H](C)O[C@@H](O[C@H]3[C@@H](OC)[C@@H](O)[C@H](O[C@H]4CC[C@@]5(C)C(CC[C@]6(O)[C@@H]5C[C@@H](OC(=O)/C=C/c5ccccc5)[C@@]5(C)[C@]6(O)CC[C@@]5(O)C(C)=O)C4)O[C@@H]3CO)C[C@H]2OC)O[C@H](C)[C@H]1O[C@@H]1O[C@H](CO)[C@@H](O[C@@H]2O[C@H](CO)[C@@H](O)[C@H](O)[C@H]2O)[C@H](O)[C@H]1O. The summed E-state index contributed by atoms with van der Waals surface area (Å²) in [6.07, 6.45) is -30.3. The number of ketones is 1. The number of hydrogen-bond donors (Lipinski definition) is 13. The summed E-state index contributed by atoms with van der Waals surface area (Å²) >= 11 is 0. The number of hydrogen-bond acceptors (Lipinski definition) is 29. The van der Waals surface area contributed by atoms with Crippen LogP contribution < -0.4 is 0 Å². The van der Waals surface area contributed by atoms with Crippen LogP contribution in [0.3, 0.4) is 0 Å². The van der Waals surface area contributed by atoms with Crippen LogP contribution in [-0.2, 0) is 75.9 Å². The molecule has 4 saturated carbocycles. The highest BCUT2D eigenvalue weighted by Gasteiger charge is 2.82. The molecule has 10 rings (SSSR count). The lowest BCUT2D eigenvalue weighted by molar-refractivity contribution is -0.386. The molecular formula is C63H96O29. The van der Waals surface area contributed by atoms with Crippen LogP contribution in [0.4, 0.5) is 0 Å². The average Bonchev–Trinajstić information content (AvgIpc) is 1.37. The fourth-order valence-electron chi connectivity index (χ4n) is 17.0. The van der Waals surface area contributed by atoms with E-state index in [1.807, 2.05) is 30.3 Å². The van der Waals surface area contributed by atoms with Gasteiger partial charge in [0.25, 0.3) is 0 Å². The third-order valence-corrected chi connectivity index (χ3v) is 22.4. The summed E-state index contributed by atoms with van der Waals surface area (Å²) in [6, 6.07) is 9.12. The van der Waals surface area contributed by atoms with Crippen LogP contribution in [0.15, 0.2) is 36.4 Å². The Hall–Kier alpha value is -2.94. The largest absolute Gasteiger partial charge is 0.458 e. The summed E-state index contributed by atoms with van der Waals surface area (Å²) < 4.78 is 85.0. The summed E-state index contributed by atoms with van der Waals surface area (Å²) in [5.41, 5.74) is -7.62. The van der Waals surface area contributed by atoms with E-state index >= 15 is 0 Å². The van der Waals surface area contributed by atoms with Crippen LogP contribution in [0.5, 0.6) is 0 Å². The third kappa shape index (κ3) is 12.6. The van der Waals surface area contributed by atoms with E-state index in [2.05, 4.69) is 6.92 Å². The molecule has 0 bridgehead atoms. The molecule has 9 aliphatic rings. The normalized spacial score (nSPS) is 50.6. The maximum atomic E-state index is 13.7. The van der Waals surface area contributed by atoms with E-state index < -0.39 is 225 Å². The van der Waals surface area contributed by atoms with Crippen LogP contribution in [0.25, 0.3) is 6.08 Å². The van der Waals surface area contributed by atoms with Gasteiger partial charge in [0.2, 0.25) is 0 Å². The van der Waals surface area contributed by atoms with Gasteiger partial charge in [0.15, 0.2) is 37.2 Å². The predicted octanol–water partition coefficient (Wildman–Crippen LogP) is -2.66. The molecule has 4 aliphatic carbocycles. The van der Waals surface area contributed by atoms with Crippen molar-refractivity contribution in [3.05, 3.63) is 42.0 Å². The lowest BCUT2D eigenvalue weighted by Gasteiger charge is -2.69. The van der Waals surface area contributed by atoms with Crippen LogP contribution in [0.2, 0.25) is 0 Å². The predicted molar refractivity (Wildman–Crippen MR) is 310 cm³/mol. The standard InChI is InChI=1S/C63H96O29/c1-28-49(90-57-47(74)53(80-7)50(29(2)83-57)91-56-46(73)44(71)51(36(26-65)86-56)92-55-45(72)43(70)42(69)35(25-64)85-55)34(79-6)23-41(82-28)89-52-37(27-66)87-58(48(75)54(52)81-8)84-33-17-18-59(4)32(22-33)16-19-62(77)38(59)24-39(88-40(68)15-14-31-12-10-9-11-13-31)60(5)61(76,30(3)67)20-21-63(60,62)78/h9-15,28-29,32-39,41-58,64-66,69-78H,16-27H2,1-8H3/b15-14+/t28-,29-,32?,33+,34-,35-,36-,37-,38-,39-,41+,42-,43+,44-,45-,46-,47-,48-,49-,50-,51-,52-,53-,54+,55+,56+,57+,58-,59+,60-,61-,62+,63-/m1/s1. The zero-order valence-electron chi connectivity index (χ0n) is 53.0. The van der Waals surface area contributed by atoms with Crippen molar-refractivity contribution in [2.75, 3.05) is 41.2 Å². The lowest BCUT2D eigenvalue weighted by Crippen LogP contribution is -2.79. The fraction of sp³-hybridized carbons (Fsp3) is 0.841. The Morgan fingerprint density at radius 1 is 0.565 bits per heavy atom. The highest BCUT2D eigenvalue weighted by molar-refractivity contribution is 5.88. The number of fused-ring (bicyclic) bond motifs is 5. The number of benzene rings is 1. The number of carbonyl (C=O) groups excluding carboxylic acids is 2. The quantitative estimate of drug-likeness (QED) is 0.0360. The first kappa shape index (κ1) is 71.8. The number of ether oxygens (including phenoxy) is 14.